The number of sulfonamides is 1. The zero-order chi connectivity index (χ0) is 13.1. The molecule has 1 N–H and O–H groups in total. The Morgan fingerprint density at radius 1 is 1.22 bits per heavy atom. The largest absolute Gasteiger partial charge is 0.217 e. The van der Waals surface area contributed by atoms with E-state index in [1.54, 1.807) is 0 Å². The Morgan fingerprint density at radius 3 is 2.44 bits per heavy atom. The van der Waals surface area contributed by atoms with Crippen LogP contribution in [0.5, 0.6) is 0 Å². The van der Waals surface area contributed by atoms with Crippen molar-refractivity contribution in [3.63, 3.8) is 0 Å². The lowest BCUT2D eigenvalue weighted by Crippen LogP contribution is -2.38. The Morgan fingerprint density at radius 2 is 1.89 bits per heavy atom. The van der Waals surface area contributed by atoms with Crippen LogP contribution in [0.4, 0.5) is 0 Å². The van der Waals surface area contributed by atoms with E-state index >= 15 is 0 Å². The molecule has 4 heteroatoms. The lowest BCUT2D eigenvalue weighted by Gasteiger charge is -2.17. The van der Waals surface area contributed by atoms with E-state index in [0.29, 0.717) is 13.0 Å². The van der Waals surface area contributed by atoms with Crippen molar-refractivity contribution in [2.75, 3.05) is 6.54 Å². The van der Waals surface area contributed by atoms with Gasteiger partial charge >= 0.3 is 0 Å². The third-order valence-electron chi connectivity index (χ3n) is 3.57. The van der Waals surface area contributed by atoms with E-state index in [9.17, 15) is 8.42 Å². The van der Waals surface area contributed by atoms with Gasteiger partial charge in [-0.3, -0.25) is 0 Å². The van der Waals surface area contributed by atoms with Crippen molar-refractivity contribution in [3.8, 4) is 0 Å². The summed E-state index contributed by atoms with van der Waals surface area (Å²) in [4.78, 5) is 0. The third-order valence-corrected chi connectivity index (χ3v) is 5.85. The van der Waals surface area contributed by atoms with Gasteiger partial charge in [-0.1, -0.05) is 43.7 Å². The quantitative estimate of drug-likeness (QED) is 0.771. The SMILES string of the molecule is CCCCNS(=O)(=O)C1(Cc2ccccc2)CC1. The molecule has 0 saturated heterocycles. The average Bonchev–Trinajstić information content (AvgIpc) is 3.12. The highest BCUT2D eigenvalue weighted by molar-refractivity contribution is 7.91. The molecular formula is C14H21NO2S. The van der Waals surface area contributed by atoms with Gasteiger partial charge in [-0.25, -0.2) is 13.1 Å². The summed E-state index contributed by atoms with van der Waals surface area (Å²) in [5.41, 5.74) is 1.11. The van der Waals surface area contributed by atoms with Crippen LogP contribution < -0.4 is 4.72 Å². The van der Waals surface area contributed by atoms with Crippen LogP contribution >= 0.6 is 0 Å². The molecule has 0 radical (unpaired) electrons. The summed E-state index contributed by atoms with van der Waals surface area (Å²) < 4.78 is 26.8. The first-order valence-corrected chi connectivity index (χ1v) is 8.11. The van der Waals surface area contributed by atoms with E-state index in [-0.39, 0.29) is 0 Å². The minimum absolute atomic E-state index is 0.540. The van der Waals surface area contributed by atoms with Crippen LogP contribution in [0.1, 0.15) is 38.2 Å². The summed E-state index contributed by atoms with van der Waals surface area (Å²) in [5, 5.41) is 0. The first kappa shape index (κ1) is 13.6. The zero-order valence-corrected chi connectivity index (χ0v) is 11.7. The summed E-state index contributed by atoms with van der Waals surface area (Å²) in [6.45, 7) is 2.63. The Balaban J connectivity index is 2.03. The van der Waals surface area contributed by atoms with Gasteiger partial charge < -0.3 is 0 Å². The highest BCUT2D eigenvalue weighted by Gasteiger charge is 2.53. The number of rotatable bonds is 7. The molecule has 0 amide bonds. The molecule has 0 aromatic heterocycles. The van der Waals surface area contributed by atoms with Crippen LogP contribution in [0.25, 0.3) is 0 Å². The van der Waals surface area contributed by atoms with Gasteiger partial charge in [0.2, 0.25) is 10.0 Å². The molecule has 0 atom stereocenters. The fourth-order valence-corrected chi connectivity index (χ4v) is 3.90. The lowest BCUT2D eigenvalue weighted by molar-refractivity contribution is 0.557. The van der Waals surface area contributed by atoms with E-state index in [0.717, 1.165) is 31.2 Å². The van der Waals surface area contributed by atoms with Crippen molar-refractivity contribution >= 4 is 10.0 Å². The molecule has 1 aliphatic rings. The van der Waals surface area contributed by atoms with Gasteiger partial charge in [0.1, 0.15) is 0 Å². The Bertz CT molecular complexity index is 478. The van der Waals surface area contributed by atoms with Crippen molar-refractivity contribution in [2.24, 2.45) is 0 Å². The molecule has 1 aliphatic carbocycles. The zero-order valence-electron chi connectivity index (χ0n) is 10.9. The normalized spacial score (nSPS) is 17.6. The van der Waals surface area contributed by atoms with E-state index in [1.807, 2.05) is 30.3 Å². The molecule has 1 saturated carbocycles. The van der Waals surface area contributed by atoms with Crippen LogP contribution in [0, 0.1) is 0 Å². The minimum Gasteiger partial charge on any atom is -0.215 e. The second-order valence-electron chi connectivity index (χ2n) is 5.10. The number of nitrogens with one attached hydrogen (secondary N) is 1. The van der Waals surface area contributed by atoms with Gasteiger partial charge in [0.05, 0.1) is 4.75 Å². The molecule has 1 aromatic carbocycles. The molecule has 0 heterocycles. The summed E-state index contributed by atoms with van der Waals surface area (Å²) in [6.07, 6.45) is 4.11. The summed E-state index contributed by atoms with van der Waals surface area (Å²) in [5.74, 6) is 0. The lowest BCUT2D eigenvalue weighted by atomic mass is 10.1. The number of hydrogen-bond donors (Lipinski definition) is 1. The monoisotopic (exact) mass is 267 g/mol. The van der Waals surface area contributed by atoms with Crippen LogP contribution in [-0.4, -0.2) is 19.7 Å². The molecule has 100 valence electrons. The van der Waals surface area contributed by atoms with Crippen molar-refractivity contribution in [2.45, 2.75) is 43.8 Å². The Kier molecular flexibility index (Phi) is 4.07. The molecule has 2 rings (SSSR count). The van der Waals surface area contributed by atoms with Crippen LogP contribution in [-0.2, 0) is 16.4 Å². The van der Waals surface area contributed by atoms with Gasteiger partial charge in [0, 0.05) is 6.54 Å². The Hall–Kier alpha value is -0.870. The molecule has 18 heavy (non-hydrogen) atoms. The minimum atomic E-state index is -3.17. The predicted molar refractivity (Wildman–Crippen MR) is 73.9 cm³/mol. The summed E-state index contributed by atoms with van der Waals surface area (Å²) >= 11 is 0. The maximum absolute atomic E-state index is 12.3. The molecule has 3 nitrogen and oxygen atoms in total. The summed E-state index contributed by atoms with van der Waals surface area (Å²) in [7, 11) is -3.17. The Labute approximate surface area is 110 Å². The second-order valence-corrected chi connectivity index (χ2v) is 7.26. The van der Waals surface area contributed by atoms with Crippen LogP contribution in [0.3, 0.4) is 0 Å². The smallest absolute Gasteiger partial charge is 0.215 e. The summed E-state index contributed by atoms with van der Waals surface area (Å²) in [6, 6.07) is 9.88. The van der Waals surface area contributed by atoms with E-state index in [1.165, 1.54) is 0 Å². The predicted octanol–water partition coefficient (Wildman–Crippen LogP) is 2.48. The van der Waals surface area contributed by atoms with E-state index in [2.05, 4.69) is 11.6 Å². The molecule has 0 bridgehead atoms. The highest BCUT2D eigenvalue weighted by Crippen LogP contribution is 2.45. The highest BCUT2D eigenvalue weighted by atomic mass is 32.2. The molecule has 0 spiro atoms. The third kappa shape index (κ3) is 2.93. The standard InChI is InChI=1S/C14H21NO2S/c1-2-3-11-15-18(16,17)14(9-10-14)12-13-7-5-4-6-8-13/h4-8,15H,2-3,9-12H2,1H3. The second kappa shape index (κ2) is 5.41. The fourth-order valence-electron chi connectivity index (χ4n) is 2.18. The number of hydrogen-bond acceptors (Lipinski definition) is 2. The average molecular weight is 267 g/mol. The molecule has 0 aliphatic heterocycles. The van der Waals surface area contributed by atoms with Gasteiger partial charge in [0.15, 0.2) is 0 Å². The van der Waals surface area contributed by atoms with Gasteiger partial charge in [-0.2, -0.15) is 0 Å². The van der Waals surface area contributed by atoms with Crippen LogP contribution in [0.2, 0.25) is 0 Å². The van der Waals surface area contributed by atoms with Crippen LogP contribution in [0.15, 0.2) is 30.3 Å². The van der Waals surface area contributed by atoms with E-state index in [4.69, 9.17) is 0 Å². The molecule has 0 unspecified atom stereocenters. The maximum Gasteiger partial charge on any atom is 0.217 e. The van der Waals surface area contributed by atoms with Crippen molar-refractivity contribution in [1.82, 2.24) is 4.72 Å². The first-order chi connectivity index (χ1) is 8.60. The van der Waals surface area contributed by atoms with E-state index < -0.39 is 14.8 Å². The number of benzene rings is 1. The molecule has 1 aromatic rings. The molecule has 1 fully saturated rings. The van der Waals surface area contributed by atoms with Crippen molar-refractivity contribution in [1.29, 1.82) is 0 Å². The van der Waals surface area contributed by atoms with Crippen molar-refractivity contribution in [3.05, 3.63) is 35.9 Å². The topological polar surface area (TPSA) is 46.2 Å². The number of unbranched alkanes of at least 4 members (excludes halogenated alkanes) is 1. The van der Waals surface area contributed by atoms with Gasteiger partial charge in [0.25, 0.3) is 0 Å². The van der Waals surface area contributed by atoms with Crippen molar-refractivity contribution < 1.29 is 8.42 Å². The van der Waals surface area contributed by atoms with Gasteiger partial charge in [-0.15, -0.1) is 0 Å². The maximum atomic E-state index is 12.3. The fraction of sp³-hybridized carbons (Fsp3) is 0.571. The van der Waals surface area contributed by atoms with Gasteiger partial charge in [-0.05, 0) is 31.2 Å². The first-order valence-electron chi connectivity index (χ1n) is 6.63. The molecular weight excluding hydrogens is 246 g/mol.